The van der Waals surface area contributed by atoms with Crippen LogP contribution in [0.15, 0.2) is 29.6 Å². The van der Waals surface area contributed by atoms with Crippen LogP contribution in [-0.2, 0) is 17.6 Å². The van der Waals surface area contributed by atoms with Gasteiger partial charge in [-0.25, -0.2) is 0 Å². The molecule has 0 unspecified atom stereocenters. The second-order valence-electron chi connectivity index (χ2n) is 6.45. The predicted molar refractivity (Wildman–Crippen MR) is 95.6 cm³/mol. The van der Waals surface area contributed by atoms with Crippen LogP contribution < -0.4 is 4.90 Å². The van der Waals surface area contributed by atoms with Crippen LogP contribution in [0.25, 0.3) is 0 Å². The van der Waals surface area contributed by atoms with Gasteiger partial charge in [0.05, 0.1) is 17.9 Å². The van der Waals surface area contributed by atoms with E-state index in [2.05, 4.69) is 30.2 Å². The van der Waals surface area contributed by atoms with Crippen molar-refractivity contribution in [1.82, 2.24) is 4.90 Å². The van der Waals surface area contributed by atoms with Crippen molar-refractivity contribution in [2.45, 2.75) is 32.7 Å². The first-order valence-corrected chi connectivity index (χ1v) is 9.27. The number of rotatable bonds is 3. The highest BCUT2D eigenvalue weighted by atomic mass is 32.1. The lowest BCUT2D eigenvalue weighted by molar-refractivity contribution is -0.114. The van der Waals surface area contributed by atoms with Gasteiger partial charge in [-0.1, -0.05) is 13.0 Å². The molecular formula is C19H20N2O2S. The number of thiophene rings is 1. The van der Waals surface area contributed by atoms with E-state index in [1.165, 1.54) is 10.4 Å². The SMILES string of the molecule is CCc1ccc2c(c1)C(=O)C(=O)N2CN1CCc2sccc2[C@@H]1C. The topological polar surface area (TPSA) is 40.6 Å². The molecule has 2 aromatic rings. The second kappa shape index (κ2) is 5.83. The third kappa shape index (κ3) is 2.31. The molecule has 0 bridgehead atoms. The smallest absolute Gasteiger partial charge is 0.291 e. The van der Waals surface area contributed by atoms with E-state index in [1.54, 1.807) is 16.2 Å². The Bertz CT molecular complexity index is 827. The van der Waals surface area contributed by atoms with Gasteiger partial charge in [0.15, 0.2) is 0 Å². The summed E-state index contributed by atoms with van der Waals surface area (Å²) in [5, 5.41) is 2.14. The van der Waals surface area contributed by atoms with Gasteiger partial charge in [-0.05, 0) is 54.5 Å². The Hall–Kier alpha value is -1.98. The number of carbonyl (C=O) groups excluding carboxylic acids is 2. The lowest BCUT2D eigenvalue weighted by Gasteiger charge is -2.36. The number of nitrogens with zero attached hydrogens (tertiary/aromatic N) is 2. The van der Waals surface area contributed by atoms with E-state index in [9.17, 15) is 9.59 Å². The molecule has 4 nitrogen and oxygen atoms in total. The molecule has 1 aromatic heterocycles. The molecule has 1 aromatic carbocycles. The van der Waals surface area contributed by atoms with Crippen LogP contribution in [0.4, 0.5) is 5.69 Å². The molecule has 1 amide bonds. The summed E-state index contributed by atoms with van der Waals surface area (Å²) in [6.45, 7) is 5.61. The fourth-order valence-electron chi connectivity index (χ4n) is 3.64. The first-order valence-electron chi connectivity index (χ1n) is 8.39. The summed E-state index contributed by atoms with van der Waals surface area (Å²) in [6, 6.07) is 8.24. The molecule has 3 heterocycles. The molecular weight excluding hydrogens is 320 g/mol. The maximum Gasteiger partial charge on any atom is 0.300 e. The van der Waals surface area contributed by atoms with Crippen LogP contribution in [-0.4, -0.2) is 29.8 Å². The normalized spacial score (nSPS) is 20.4. The van der Waals surface area contributed by atoms with Gasteiger partial charge < -0.3 is 0 Å². The standard InChI is InChI=1S/C19H20N2O2S/c1-3-13-4-5-16-15(10-13)18(22)19(23)21(16)11-20-8-6-17-14(12(20)2)7-9-24-17/h4-5,7,9-10,12H,3,6,8,11H2,1-2H3/t12-/m0/s1. The zero-order valence-electron chi connectivity index (χ0n) is 13.9. The van der Waals surface area contributed by atoms with E-state index < -0.39 is 5.91 Å². The largest absolute Gasteiger partial charge is 0.300 e. The van der Waals surface area contributed by atoms with E-state index in [0.717, 1.165) is 30.6 Å². The zero-order valence-corrected chi connectivity index (χ0v) is 14.7. The Morgan fingerprint density at radius 3 is 2.88 bits per heavy atom. The quantitative estimate of drug-likeness (QED) is 0.804. The van der Waals surface area contributed by atoms with Crippen molar-refractivity contribution in [2.75, 3.05) is 18.1 Å². The second-order valence-corrected chi connectivity index (χ2v) is 7.45. The minimum absolute atomic E-state index is 0.266. The van der Waals surface area contributed by atoms with Gasteiger partial charge in [0.25, 0.3) is 5.78 Å². The average Bonchev–Trinajstić information content (AvgIpc) is 3.16. The number of aryl methyl sites for hydroxylation is 1. The minimum atomic E-state index is -0.401. The molecule has 0 radical (unpaired) electrons. The van der Waals surface area contributed by atoms with Gasteiger partial charge in [0.2, 0.25) is 0 Å². The highest BCUT2D eigenvalue weighted by molar-refractivity contribution is 7.10. The highest BCUT2D eigenvalue weighted by Gasteiger charge is 2.38. The summed E-state index contributed by atoms with van der Waals surface area (Å²) < 4.78 is 0. The maximum absolute atomic E-state index is 12.5. The molecule has 2 aliphatic rings. The number of hydrogen-bond acceptors (Lipinski definition) is 4. The molecule has 124 valence electrons. The molecule has 0 saturated heterocycles. The number of amides is 1. The fraction of sp³-hybridized carbons (Fsp3) is 0.368. The number of benzene rings is 1. The van der Waals surface area contributed by atoms with Crippen LogP contribution >= 0.6 is 11.3 Å². The number of anilines is 1. The summed E-state index contributed by atoms with van der Waals surface area (Å²) in [4.78, 5) is 30.2. The third-order valence-electron chi connectivity index (χ3n) is 5.17. The lowest BCUT2D eigenvalue weighted by atomic mass is 10.0. The van der Waals surface area contributed by atoms with Crippen LogP contribution in [0.2, 0.25) is 0 Å². The number of Topliss-reactive ketones (excluding diaryl/α,β-unsaturated/α-hetero) is 1. The van der Waals surface area contributed by atoms with Crippen molar-refractivity contribution in [1.29, 1.82) is 0 Å². The van der Waals surface area contributed by atoms with Crippen LogP contribution in [0.1, 0.15) is 46.3 Å². The number of carbonyl (C=O) groups is 2. The van der Waals surface area contributed by atoms with E-state index >= 15 is 0 Å². The summed E-state index contributed by atoms with van der Waals surface area (Å²) in [5.74, 6) is -0.775. The summed E-state index contributed by atoms with van der Waals surface area (Å²) in [5.41, 5.74) is 3.75. The van der Waals surface area contributed by atoms with Crippen molar-refractivity contribution in [3.63, 3.8) is 0 Å². The number of hydrogen-bond donors (Lipinski definition) is 0. The van der Waals surface area contributed by atoms with Crippen molar-refractivity contribution in [3.8, 4) is 0 Å². The molecule has 0 spiro atoms. The van der Waals surface area contributed by atoms with Crippen LogP contribution in [0.5, 0.6) is 0 Å². The third-order valence-corrected chi connectivity index (χ3v) is 6.17. The summed E-state index contributed by atoms with van der Waals surface area (Å²) >= 11 is 1.81. The predicted octanol–water partition coefficient (Wildman–Crippen LogP) is 3.42. The van der Waals surface area contributed by atoms with Gasteiger partial charge in [-0.15, -0.1) is 11.3 Å². The van der Waals surface area contributed by atoms with Crippen LogP contribution in [0.3, 0.4) is 0 Å². The maximum atomic E-state index is 12.5. The van der Waals surface area contributed by atoms with Crippen molar-refractivity contribution < 1.29 is 9.59 Å². The molecule has 5 heteroatoms. The van der Waals surface area contributed by atoms with E-state index in [0.29, 0.717) is 12.2 Å². The first kappa shape index (κ1) is 15.5. The summed E-state index contributed by atoms with van der Waals surface area (Å²) in [6.07, 6.45) is 1.87. The molecule has 2 aliphatic heterocycles. The number of fused-ring (bicyclic) bond motifs is 2. The Labute approximate surface area is 145 Å². The van der Waals surface area contributed by atoms with Gasteiger partial charge in [0, 0.05) is 17.5 Å². The van der Waals surface area contributed by atoms with E-state index in [4.69, 9.17) is 0 Å². The van der Waals surface area contributed by atoms with Gasteiger partial charge in [-0.3, -0.25) is 19.4 Å². The molecule has 4 rings (SSSR count). The molecule has 0 aliphatic carbocycles. The van der Waals surface area contributed by atoms with Crippen molar-refractivity contribution in [3.05, 3.63) is 51.2 Å². The zero-order chi connectivity index (χ0) is 16.8. The molecule has 24 heavy (non-hydrogen) atoms. The minimum Gasteiger partial charge on any atom is -0.291 e. The molecule has 1 atom stereocenters. The van der Waals surface area contributed by atoms with Gasteiger partial charge in [0.1, 0.15) is 0 Å². The van der Waals surface area contributed by atoms with Gasteiger partial charge >= 0.3 is 5.91 Å². The van der Waals surface area contributed by atoms with E-state index in [-0.39, 0.29) is 11.8 Å². The van der Waals surface area contributed by atoms with Crippen molar-refractivity contribution >= 4 is 28.7 Å². The molecule has 0 N–H and O–H groups in total. The Morgan fingerprint density at radius 1 is 1.25 bits per heavy atom. The first-order chi connectivity index (χ1) is 11.6. The van der Waals surface area contributed by atoms with Crippen LogP contribution in [0, 0.1) is 0 Å². The average molecular weight is 340 g/mol. The van der Waals surface area contributed by atoms with E-state index in [1.807, 2.05) is 18.2 Å². The fourth-order valence-corrected chi connectivity index (χ4v) is 4.61. The molecule has 0 saturated carbocycles. The Balaban J connectivity index is 1.62. The molecule has 0 fully saturated rings. The number of ketones is 1. The Morgan fingerprint density at radius 2 is 2.08 bits per heavy atom. The monoisotopic (exact) mass is 340 g/mol. The lowest BCUT2D eigenvalue weighted by Crippen LogP contribution is -2.44. The summed E-state index contributed by atoms with van der Waals surface area (Å²) in [7, 11) is 0. The highest BCUT2D eigenvalue weighted by Crippen LogP contribution is 2.35. The Kier molecular flexibility index (Phi) is 3.77. The van der Waals surface area contributed by atoms with Crippen molar-refractivity contribution in [2.24, 2.45) is 0 Å². The van der Waals surface area contributed by atoms with Gasteiger partial charge in [-0.2, -0.15) is 0 Å².